The van der Waals surface area contributed by atoms with E-state index < -0.39 is 5.60 Å². The smallest absolute Gasteiger partial charge is 0.257 e. The predicted octanol–water partition coefficient (Wildman–Crippen LogP) is 1.84. The summed E-state index contributed by atoms with van der Waals surface area (Å²) in [7, 11) is 0. The lowest BCUT2D eigenvalue weighted by molar-refractivity contribution is -0.169. The van der Waals surface area contributed by atoms with Crippen LogP contribution in [0.15, 0.2) is 6.20 Å². The maximum Gasteiger partial charge on any atom is 0.257 e. The van der Waals surface area contributed by atoms with E-state index in [0.717, 1.165) is 31.6 Å². The molecule has 1 aromatic heterocycles. The van der Waals surface area contributed by atoms with Crippen LogP contribution in [0, 0.1) is 6.92 Å². The van der Waals surface area contributed by atoms with E-state index in [4.69, 9.17) is 4.74 Å². The van der Waals surface area contributed by atoms with Crippen LogP contribution in [0.25, 0.3) is 0 Å². The number of rotatable bonds is 3. The molecule has 2 aliphatic rings. The monoisotopic (exact) mass is 362 g/mol. The lowest BCUT2D eigenvalue weighted by Gasteiger charge is -2.43. The zero-order valence-corrected chi connectivity index (χ0v) is 16.3. The quantitative estimate of drug-likeness (QED) is 0.823. The van der Waals surface area contributed by atoms with E-state index in [1.54, 1.807) is 11.1 Å². The number of likely N-dealkylation sites (tertiary alicyclic amines) is 1. The Hall–Kier alpha value is -1.89. The molecule has 0 aliphatic carbocycles. The Labute approximate surface area is 155 Å². The van der Waals surface area contributed by atoms with Gasteiger partial charge in [-0.2, -0.15) is 5.10 Å². The van der Waals surface area contributed by atoms with Crippen LogP contribution in [0.4, 0.5) is 0 Å². The molecule has 2 fully saturated rings. The first kappa shape index (κ1) is 18.9. The number of nitrogens with zero attached hydrogens (tertiary/aromatic N) is 4. The highest BCUT2D eigenvalue weighted by Crippen LogP contribution is 2.31. The van der Waals surface area contributed by atoms with Crippen LogP contribution in [-0.4, -0.2) is 69.3 Å². The summed E-state index contributed by atoms with van der Waals surface area (Å²) in [6.45, 7) is 10.7. The van der Waals surface area contributed by atoms with Gasteiger partial charge >= 0.3 is 0 Å². The van der Waals surface area contributed by atoms with Crippen molar-refractivity contribution in [3.63, 3.8) is 0 Å². The Morgan fingerprint density at radius 1 is 1.35 bits per heavy atom. The average molecular weight is 362 g/mol. The van der Waals surface area contributed by atoms with Crippen molar-refractivity contribution in [1.82, 2.24) is 19.6 Å². The molecule has 0 bridgehead atoms. The van der Waals surface area contributed by atoms with Gasteiger partial charge in [0.15, 0.2) is 5.60 Å². The van der Waals surface area contributed by atoms with Crippen molar-refractivity contribution in [2.45, 2.75) is 65.1 Å². The van der Waals surface area contributed by atoms with Crippen LogP contribution in [0.5, 0.6) is 0 Å². The second-order valence-corrected chi connectivity index (χ2v) is 7.58. The predicted molar refractivity (Wildman–Crippen MR) is 97.9 cm³/mol. The highest BCUT2D eigenvalue weighted by atomic mass is 16.5. The number of morpholine rings is 1. The van der Waals surface area contributed by atoms with E-state index in [1.165, 1.54) is 0 Å². The summed E-state index contributed by atoms with van der Waals surface area (Å²) in [4.78, 5) is 30.0. The van der Waals surface area contributed by atoms with E-state index in [-0.39, 0.29) is 17.9 Å². The minimum absolute atomic E-state index is 0.0310. The zero-order chi connectivity index (χ0) is 18.9. The van der Waals surface area contributed by atoms with Crippen molar-refractivity contribution in [1.29, 1.82) is 0 Å². The molecule has 7 heteroatoms. The molecule has 0 radical (unpaired) electrons. The van der Waals surface area contributed by atoms with E-state index in [1.807, 2.05) is 37.3 Å². The molecule has 2 aliphatic heterocycles. The van der Waals surface area contributed by atoms with Gasteiger partial charge in [0.05, 0.1) is 24.9 Å². The van der Waals surface area contributed by atoms with Gasteiger partial charge in [-0.25, -0.2) is 0 Å². The van der Waals surface area contributed by atoms with Crippen LogP contribution in [0.2, 0.25) is 0 Å². The second kappa shape index (κ2) is 7.39. The molecule has 26 heavy (non-hydrogen) atoms. The van der Waals surface area contributed by atoms with Crippen LogP contribution < -0.4 is 0 Å². The fourth-order valence-corrected chi connectivity index (χ4v) is 4.04. The first-order valence-corrected chi connectivity index (χ1v) is 9.66. The summed E-state index contributed by atoms with van der Waals surface area (Å²) in [6, 6.07) is 0.136. The summed E-state index contributed by atoms with van der Waals surface area (Å²) in [5.74, 6) is -0.0264. The standard InChI is InChI=1S/C19H30N4O3/c1-5-23-15(4)16(12-20-23)17(24)21-10-11-26-19(13-21)8-6-7-9-22(14(2)3)18(19)25/h12,14H,5-11,13H2,1-4H3. The molecule has 2 amide bonds. The van der Waals surface area contributed by atoms with Crippen molar-refractivity contribution in [3.8, 4) is 0 Å². The Kier molecular flexibility index (Phi) is 5.37. The van der Waals surface area contributed by atoms with E-state index in [0.29, 0.717) is 31.7 Å². The normalized spacial score (nSPS) is 24.4. The highest BCUT2D eigenvalue weighted by Gasteiger charge is 2.48. The van der Waals surface area contributed by atoms with Crippen LogP contribution in [0.3, 0.4) is 0 Å². The maximum absolute atomic E-state index is 13.2. The highest BCUT2D eigenvalue weighted by molar-refractivity contribution is 5.96. The minimum Gasteiger partial charge on any atom is -0.361 e. The van der Waals surface area contributed by atoms with Crippen molar-refractivity contribution in [3.05, 3.63) is 17.5 Å². The summed E-state index contributed by atoms with van der Waals surface area (Å²) >= 11 is 0. The van der Waals surface area contributed by atoms with Crippen molar-refractivity contribution >= 4 is 11.8 Å². The Bertz CT molecular complexity index is 684. The van der Waals surface area contributed by atoms with E-state index in [2.05, 4.69) is 5.10 Å². The molecule has 1 aromatic rings. The van der Waals surface area contributed by atoms with Gasteiger partial charge in [0, 0.05) is 31.4 Å². The summed E-state index contributed by atoms with van der Waals surface area (Å²) in [5, 5.41) is 4.28. The SMILES string of the molecule is CCn1ncc(C(=O)N2CCOC3(CCCCN(C(C)C)C3=O)C2)c1C. The first-order chi connectivity index (χ1) is 12.4. The maximum atomic E-state index is 13.2. The molecular formula is C19H30N4O3. The number of ether oxygens (including phenoxy) is 1. The molecule has 0 N–H and O–H groups in total. The molecule has 144 valence electrons. The first-order valence-electron chi connectivity index (χ1n) is 9.66. The number of aryl methyl sites for hydroxylation is 1. The zero-order valence-electron chi connectivity index (χ0n) is 16.3. The summed E-state index contributed by atoms with van der Waals surface area (Å²) < 4.78 is 7.87. The molecule has 1 atom stereocenters. The molecule has 3 rings (SSSR count). The number of hydrogen-bond donors (Lipinski definition) is 0. The van der Waals surface area contributed by atoms with Gasteiger partial charge in [-0.1, -0.05) is 0 Å². The Morgan fingerprint density at radius 2 is 2.12 bits per heavy atom. The van der Waals surface area contributed by atoms with Crippen LogP contribution in [-0.2, 0) is 16.1 Å². The van der Waals surface area contributed by atoms with Crippen molar-refractivity contribution in [2.24, 2.45) is 0 Å². The molecule has 7 nitrogen and oxygen atoms in total. The third-order valence-electron chi connectivity index (χ3n) is 5.61. The number of hydrogen-bond acceptors (Lipinski definition) is 4. The van der Waals surface area contributed by atoms with Gasteiger partial charge in [0.2, 0.25) is 0 Å². The van der Waals surface area contributed by atoms with Gasteiger partial charge in [-0.15, -0.1) is 0 Å². The van der Waals surface area contributed by atoms with Gasteiger partial charge in [0.1, 0.15) is 0 Å². The van der Waals surface area contributed by atoms with Crippen molar-refractivity contribution < 1.29 is 14.3 Å². The Morgan fingerprint density at radius 3 is 2.77 bits per heavy atom. The number of aromatic nitrogens is 2. The van der Waals surface area contributed by atoms with Crippen LogP contribution >= 0.6 is 0 Å². The molecule has 2 saturated heterocycles. The number of carbonyl (C=O) groups is 2. The van der Waals surface area contributed by atoms with Crippen molar-refractivity contribution in [2.75, 3.05) is 26.2 Å². The lowest BCUT2D eigenvalue weighted by atomic mass is 9.93. The number of amides is 2. The van der Waals surface area contributed by atoms with E-state index >= 15 is 0 Å². The topological polar surface area (TPSA) is 67.7 Å². The minimum atomic E-state index is -0.899. The van der Waals surface area contributed by atoms with Crippen LogP contribution in [0.1, 0.15) is 56.1 Å². The Balaban J connectivity index is 1.84. The third kappa shape index (κ3) is 3.24. The third-order valence-corrected chi connectivity index (χ3v) is 5.61. The van der Waals surface area contributed by atoms with E-state index in [9.17, 15) is 9.59 Å². The summed E-state index contributed by atoms with van der Waals surface area (Å²) in [6.07, 6.45) is 4.22. The van der Waals surface area contributed by atoms with Gasteiger partial charge in [0.25, 0.3) is 11.8 Å². The largest absolute Gasteiger partial charge is 0.361 e. The molecule has 0 aromatic carbocycles. The van der Waals surface area contributed by atoms with Gasteiger partial charge < -0.3 is 14.5 Å². The van der Waals surface area contributed by atoms with Gasteiger partial charge in [-0.05, 0) is 47.0 Å². The van der Waals surface area contributed by atoms with Gasteiger partial charge in [-0.3, -0.25) is 14.3 Å². The molecule has 3 heterocycles. The molecule has 1 unspecified atom stereocenters. The lowest BCUT2D eigenvalue weighted by Crippen LogP contribution is -2.61. The molecule has 1 spiro atoms. The fourth-order valence-electron chi connectivity index (χ4n) is 4.04. The molecular weight excluding hydrogens is 332 g/mol. The average Bonchev–Trinajstić information content (AvgIpc) is 2.93. The second-order valence-electron chi connectivity index (χ2n) is 7.58. The summed E-state index contributed by atoms with van der Waals surface area (Å²) in [5.41, 5.74) is 0.586. The molecule has 0 saturated carbocycles. The number of carbonyl (C=O) groups excluding carboxylic acids is 2. The fraction of sp³-hybridized carbons (Fsp3) is 0.737.